The van der Waals surface area contributed by atoms with Gasteiger partial charge in [-0.3, -0.25) is 4.79 Å². The van der Waals surface area contributed by atoms with Crippen molar-refractivity contribution in [1.29, 1.82) is 0 Å². The molecule has 1 aromatic carbocycles. The van der Waals surface area contributed by atoms with E-state index in [9.17, 15) is 18.0 Å². The van der Waals surface area contributed by atoms with Gasteiger partial charge in [-0.05, 0) is 55.5 Å². The molecule has 1 aromatic rings. The highest BCUT2D eigenvalue weighted by Crippen LogP contribution is 2.22. The number of benzene rings is 1. The molecule has 0 atom stereocenters. The molecule has 0 aliphatic carbocycles. The van der Waals surface area contributed by atoms with Crippen LogP contribution in [0.4, 0.5) is 13.2 Å². The van der Waals surface area contributed by atoms with E-state index < -0.39 is 12.1 Å². The topological polar surface area (TPSA) is 29.1 Å². The molecule has 2 nitrogen and oxygen atoms in total. The number of aryl methyl sites for hydroxylation is 2. The number of halogens is 3. The summed E-state index contributed by atoms with van der Waals surface area (Å²) < 4.78 is 36.3. The summed E-state index contributed by atoms with van der Waals surface area (Å²) in [6, 6.07) is 1.99. The van der Waals surface area contributed by atoms with Crippen molar-refractivity contribution in [2.75, 3.05) is 0 Å². The predicted octanol–water partition coefficient (Wildman–Crippen LogP) is 3.10. The summed E-state index contributed by atoms with van der Waals surface area (Å²) in [4.78, 5) is 10.8. The molecule has 1 rings (SSSR count). The monoisotopic (exact) mass is 259 g/mol. The molecule has 0 fully saturated rings. The first-order chi connectivity index (χ1) is 8.14. The van der Waals surface area contributed by atoms with Crippen LogP contribution < -0.4 is 5.32 Å². The van der Waals surface area contributed by atoms with E-state index in [4.69, 9.17) is 0 Å². The van der Waals surface area contributed by atoms with Crippen LogP contribution in [0.3, 0.4) is 0 Å². The van der Waals surface area contributed by atoms with Gasteiger partial charge in [0.25, 0.3) is 0 Å². The maximum absolute atomic E-state index is 12.1. The van der Waals surface area contributed by atoms with Gasteiger partial charge in [-0.15, -0.1) is 0 Å². The van der Waals surface area contributed by atoms with Crippen LogP contribution >= 0.6 is 0 Å². The van der Waals surface area contributed by atoms with Crippen molar-refractivity contribution >= 4 is 5.91 Å². The van der Waals surface area contributed by atoms with Crippen molar-refractivity contribution in [3.8, 4) is 0 Å². The summed E-state index contributed by atoms with van der Waals surface area (Å²) in [7, 11) is 0. The summed E-state index contributed by atoms with van der Waals surface area (Å²) in [5.41, 5.74) is 4.61. The van der Waals surface area contributed by atoms with E-state index in [2.05, 4.69) is 0 Å². The lowest BCUT2D eigenvalue weighted by molar-refractivity contribution is -0.173. The highest BCUT2D eigenvalue weighted by molar-refractivity contribution is 5.81. The van der Waals surface area contributed by atoms with Gasteiger partial charge in [-0.1, -0.05) is 6.07 Å². The van der Waals surface area contributed by atoms with Gasteiger partial charge in [0.15, 0.2) is 0 Å². The second-order valence-electron chi connectivity index (χ2n) is 4.42. The SMILES string of the molecule is Cc1cc(C)c(C)c(CNC(=O)C(F)(F)F)c1C. The average Bonchev–Trinajstić information content (AvgIpc) is 2.25. The minimum atomic E-state index is -4.83. The lowest BCUT2D eigenvalue weighted by atomic mass is 9.94. The van der Waals surface area contributed by atoms with Gasteiger partial charge in [0, 0.05) is 6.54 Å². The zero-order chi connectivity index (χ0) is 14.1. The Bertz CT molecular complexity index is 452. The van der Waals surface area contributed by atoms with E-state index in [-0.39, 0.29) is 6.54 Å². The van der Waals surface area contributed by atoms with Gasteiger partial charge in [0.1, 0.15) is 0 Å². The molecule has 0 unspecified atom stereocenters. The van der Waals surface area contributed by atoms with Crippen LogP contribution in [-0.4, -0.2) is 12.1 Å². The Morgan fingerprint density at radius 2 is 1.56 bits per heavy atom. The molecule has 18 heavy (non-hydrogen) atoms. The van der Waals surface area contributed by atoms with Crippen LogP contribution in [0, 0.1) is 27.7 Å². The lowest BCUT2D eigenvalue weighted by Crippen LogP contribution is -2.36. The molecular weight excluding hydrogens is 243 g/mol. The summed E-state index contributed by atoms with van der Waals surface area (Å²) >= 11 is 0. The van der Waals surface area contributed by atoms with E-state index in [0.29, 0.717) is 0 Å². The average molecular weight is 259 g/mol. The van der Waals surface area contributed by atoms with Gasteiger partial charge in [0.05, 0.1) is 0 Å². The Hall–Kier alpha value is -1.52. The van der Waals surface area contributed by atoms with Crippen molar-refractivity contribution in [3.63, 3.8) is 0 Å². The van der Waals surface area contributed by atoms with Crippen molar-refractivity contribution in [2.24, 2.45) is 0 Å². The Kier molecular flexibility index (Phi) is 4.04. The fourth-order valence-corrected chi connectivity index (χ4v) is 1.83. The second-order valence-corrected chi connectivity index (χ2v) is 4.42. The van der Waals surface area contributed by atoms with Crippen LogP contribution in [0.5, 0.6) is 0 Å². The fourth-order valence-electron chi connectivity index (χ4n) is 1.83. The van der Waals surface area contributed by atoms with Crippen molar-refractivity contribution in [2.45, 2.75) is 40.4 Å². The van der Waals surface area contributed by atoms with E-state index in [1.54, 1.807) is 0 Å². The maximum Gasteiger partial charge on any atom is 0.471 e. The Morgan fingerprint density at radius 3 is 1.94 bits per heavy atom. The van der Waals surface area contributed by atoms with Gasteiger partial charge in [0.2, 0.25) is 0 Å². The van der Waals surface area contributed by atoms with E-state index in [0.717, 1.165) is 27.8 Å². The van der Waals surface area contributed by atoms with Gasteiger partial charge in [-0.25, -0.2) is 0 Å². The van der Waals surface area contributed by atoms with Crippen LogP contribution in [0.1, 0.15) is 27.8 Å². The minimum absolute atomic E-state index is 0.0987. The molecule has 0 bridgehead atoms. The van der Waals surface area contributed by atoms with E-state index in [1.807, 2.05) is 39.1 Å². The van der Waals surface area contributed by atoms with Crippen molar-refractivity contribution in [1.82, 2.24) is 5.32 Å². The summed E-state index contributed by atoms with van der Waals surface area (Å²) in [5, 5.41) is 1.91. The number of nitrogens with one attached hydrogen (secondary N) is 1. The standard InChI is InChI=1S/C13H16F3NO/c1-7-5-8(2)10(4)11(9(7)3)6-17-12(18)13(14,15)16/h5H,6H2,1-4H3,(H,17,18). The first kappa shape index (κ1) is 14.5. The van der Waals surface area contributed by atoms with E-state index >= 15 is 0 Å². The second kappa shape index (κ2) is 5.00. The fraction of sp³-hybridized carbons (Fsp3) is 0.462. The summed E-state index contributed by atoms with van der Waals surface area (Å²) in [5.74, 6) is -1.90. The quantitative estimate of drug-likeness (QED) is 0.868. The van der Waals surface area contributed by atoms with Gasteiger partial charge < -0.3 is 5.32 Å². The van der Waals surface area contributed by atoms with Crippen LogP contribution in [0.25, 0.3) is 0 Å². The lowest BCUT2D eigenvalue weighted by Gasteiger charge is -2.16. The third-order valence-corrected chi connectivity index (χ3v) is 3.20. The molecule has 0 radical (unpaired) electrons. The molecule has 0 aromatic heterocycles. The van der Waals surface area contributed by atoms with Crippen LogP contribution in [0.2, 0.25) is 0 Å². The van der Waals surface area contributed by atoms with Gasteiger partial charge in [-0.2, -0.15) is 13.2 Å². The van der Waals surface area contributed by atoms with E-state index in [1.165, 1.54) is 0 Å². The molecule has 0 aliphatic rings. The van der Waals surface area contributed by atoms with Crippen LogP contribution in [0.15, 0.2) is 6.07 Å². The molecule has 0 saturated heterocycles. The maximum atomic E-state index is 12.1. The molecule has 100 valence electrons. The summed E-state index contributed by atoms with van der Waals surface area (Å²) in [6.07, 6.45) is -4.83. The molecule has 0 spiro atoms. The Balaban J connectivity index is 2.96. The smallest absolute Gasteiger partial charge is 0.344 e. The molecule has 0 heterocycles. The Labute approximate surface area is 104 Å². The normalized spacial score (nSPS) is 11.5. The largest absolute Gasteiger partial charge is 0.471 e. The summed E-state index contributed by atoms with van der Waals surface area (Å²) in [6.45, 7) is 7.39. The third-order valence-electron chi connectivity index (χ3n) is 3.20. The number of hydrogen-bond donors (Lipinski definition) is 1. The van der Waals surface area contributed by atoms with Crippen molar-refractivity contribution < 1.29 is 18.0 Å². The number of alkyl halides is 3. The first-order valence-electron chi connectivity index (χ1n) is 5.56. The minimum Gasteiger partial charge on any atom is -0.344 e. The number of hydrogen-bond acceptors (Lipinski definition) is 1. The first-order valence-corrected chi connectivity index (χ1v) is 5.56. The molecule has 0 aliphatic heterocycles. The predicted molar refractivity (Wildman–Crippen MR) is 63.3 cm³/mol. The Morgan fingerprint density at radius 1 is 1.11 bits per heavy atom. The van der Waals surface area contributed by atoms with Gasteiger partial charge >= 0.3 is 12.1 Å². The zero-order valence-electron chi connectivity index (χ0n) is 10.8. The molecule has 1 N–H and O–H groups in total. The molecular formula is C13H16F3NO. The number of rotatable bonds is 2. The number of carbonyl (C=O) groups is 1. The molecule has 5 heteroatoms. The molecule has 1 amide bonds. The number of amides is 1. The third kappa shape index (κ3) is 3.03. The zero-order valence-corrected chi connectivity index (χ0v) is 10.8. The molecule has 0 saturated carbocycles. The van der Waals surface area contributed by atoms with Crippen LogP contribution in [-0.2, 0) is 11.3 Å². The van der Waals surface area contributed by atoms with Crippen molar-refractivity contribution in [3.05, 3.63) is 33.9 Å². The highest BCUT2D eigenvalue weighted by atomic mass is 19.4. The highest BCUT2D eigenvalue weighted by Gasteiger charge is 2.38. The number of carbonyl (C=O) groups excluding carboxylic acids is 1.